The zero-order valence-corrected chi connectivity index (χ0v) is 11.4. The summed E-state index contributed by atoms with van der Waals surface area (Å²) in [5.41, 5.74) is 0.666. The van der Waals surface area contributed by atoms with Crippen LogP contribution in [0.4, 0.5) is 5.69 Å². The highest BCUT2D eigenvalue weighted by Crippen LogP contribution is 2.40. The van der Waals surface area contributed by atoms with Gasteiger partial charge in [0.1, 0.15) is 5.75 Å². The number of ether oxygens (including phenoxy) is 1. The van der Waals surface area contributed by atoms with Crippen LogP contribution in [0.5, 0.6) is 5.75 Å². The molecule has 2 heterocycles. The van der Waals surface area contributed by atoms with E-state index in [-0.39, 0.29) is 29.4 Å². The second-order valence-electron chi connectivity index (χ2n) is 5.04. The summed E-state index contributed by atoms with van der Waals surface area (Å²) in [7, 11) is -1.48. The number of amides is 1. The molecule has 0 bridgehead atoms. The number of para-hydroxylation sites is 2. The van der Waals surface area contributed by atoms with Crippen molar-refractivity contribution >= 4 is 21.4 Å². The molecule has 6 heteroatoms. The monoisotopic (exact) mass is 281 g/mol. The Morgan fingerprint density at radius 1 is 1.26 bits per heavy atom. The lowest BCUT2D eigenvalue weighted by Gasteiger charge is -2.24. The Balaban J connectivity index is 2.02. The molecule has 102 valence electrons. The second kappa shape index (κ2) is 4.23. The number of carbonyl (C=O) groups excluding carboxylic acids is 1. The number of carbonyl (C=O) groups is 1. The van der Waals surface area contributed by atoms with Gasteiger partial charge in [-0.3, -0.25) is 4.79 Å². The number of hydrogen-bond acceptors (Lipinski definition) is 4. The summed E-state index contributed by atoms with van der Waals surface area (Å²) in [6.45, 7) is 0. The Labute approximate surface area is 112 Å². The van der Waals surface area contributed by atoms with Crippen molar-refractivity contribution < 1.29 is 17.9 Å². The minimum Gasteiger partial charge on any atom is -0.495 e. The quantitative estimate of drug-likeness (QED) is 0.806. The maximum atomic E-state index is 12.1. The van der Waals surface area contributed by atoms with E-state index in [0.717, 1.165) is 0 Å². The Morgan fingerprint density at radius 3 is 2.74 bits per heavy atom. The molecule has 1 amide bonds. The molecule has 1 aromatic carbocycles. The molecule has 1 aromatic rings. The minimum atomic E-state index is -3.02. The highest BCUT2D eigenvalue weighted by molar-refractivity contribution is 7.91. The summed E-state index contributed by atoms with van der Waals surface area (Å²) in [5.74, 6) is 0.675. The molecule has 2 unspecified atom stereocenters. The molecule has 2 aliphatic heterocycles. The molecule has 0 radical (unpaired) electrons. The molecule has 2 aliphatic rings. The number of anilines is 1. The largest absolute Gasteiger partial charge is 0.495 e. The Hall–Kier alpha value is -1.56. The minimum absolute atomic E-state index is 0.0191. The Kier molecular flexibility index (Phi) is 2.78. The Bertz CT molecular complexity index is 625. The Morgan fingerprint density at radius 2 is 2.00 bits per heavy atom. The normalized spacial score (nSPS) is 28.5. The first-order valence-corrected chi connectivity index (χ1v) is 7.99. The standard InChI is InChI=1S/C13H15NO4S/c1-18-12-5-3-2-4-10(12)14-11-8-19(16,17)7-9(11)6-13(14)15/h2-5,9,11H,6-8H2,1H3. The van der Waals surface area contributed by atoms with Crippen molar-refractivity contribution in [2.24, 2.45) is 5.92 Å². The van der Waals surface area contributed by atoms with Crippen LogP contribution in [0.2, 0.25) is 0 Å². The van der Waals surface area contributed by atoms with Crippen LogP contribution in [0.25, 0.3) is 0 Å². The topological polar surface area (TPSA) is 63.7 Å². The van der Waals surface area contributed by atoms with Crippen LogP contribution in [0.15, 0.2) is 24.3 Å². The molecule has 0 N–H and O–H groups in total. The highest BCUT2D eigenvalue weighted by Gasteiger charge is 2.49. The van der Waals surface area contributed by atoms with Crippen LogP contribution in [-0.2, 0) is 14.6 Å². The zero-order valence-electron chi connectivity index (χ0n) is 10.6. The molecular formula is C13H15NO4S. The average Bonchev–Trinajstić information content (AvgIpc) is 2.79. The van der Waals surface area contributed by atoms with Gasteiger partial charge in [-0.25, -0.2) is 8.42 Å². The zero-order chi connectivity index (χ0) is 13.6. The van der Waals surface area contributed by atoms with Gasteiger partial charge >= 0.3 is 0 Å². The SMILES string of the molecule is COc1ccccc1N1C(=O)CC2CS(=O)(=O)CC21. The van der Waals surface area contributed by atoms with Gasteiger partial charge in [0.2, 0.25) is 5.91 Å². The third-order valence-electron chi connectivity index (χ3n) is 3.82. The van der Waals surface area contributed by atoms with Crippen LogP contribution in [0.1, 0.15) is 6.42 Å². The maximum absolute atomic E-state index is 12.1. The number of hydrogen-bond donors (Lipinski definition) is 0. The fourth-order valence-corrected chi connectivity index (χ4v) is 5.10. The van der Waals surface area contributed by atoms with Crippen molar-refractivity contribution in [3.8, 4) is 5.75 Å². The lowest BCUT2D eigenvalue weighted by molar-refractivity contribution is -0.117. The fourth-order valence-electron chi connectivity index (χ4n) is 3.03. The average molecular weight is 281 g/mol. The van der Waals surface area contributed by atoms with Crippen molar-refractivity contribution in [3.63, 3.8) is 0 Å². The van der Waals surface area contributed by atoms with Crippen LogP contribution < -0.4 is 9.64 Å². The van der Waals surface area contributed by atoms with Crippen molar-refractivity contribution in [2.75, 3.05) is 23.5 Å². The number of nitrogens with zero attached hydrogens (tertiary/aromatic N) is 1. The number of methoxy groups -OCH3 is 1. The van der Waals surface area contributed by atoms with E-state index < -0.39 is 9.84 Å². The summed E-state index contributed by atoms with van der Waals surface area (Å²) in [6, 6.07) is 6.98. The van der Waals surface area contributed by atoms with Gasteiger partial charge in [-0.1, -0.05) is 12.1 Å². The van der Waals surface area contributed by atoms with Crippen molar-refractivity contribution in [2.45, 2.75) is 12.5 Å². The lowest BCUT2D eigenvalue weighted by Crippen LogP contribution is -2.36. The van der Waals surface area contributed by atoms with Gasteiger partial charge in [0, 0.05) is 12.3 Å². The van der Waals surface area contributed by atoms with Gasteiger partial charge < -0.3 is 9.64 Å². The van der Waals surface area contributed by atoms with E-state index in [1.54, 1.807) is 24.1 Å². The number of benzene rings is 1. The van der Waals surface area contributed by atoms with E-state index in [1.165, 1.54) is 0 Å². The number of fused-ring (bicyclic) bond motifs is 1. The van der Waals surface area contributed by atoms with Crippen LogP contribution in [-0.4, -0.2) is 39.0 Å². The first kappa shape index (κ1) is 12.5. The number of rotatable bonds is 2. The van der Waals surface area contributed by atoms with Crippen LogP contribution in [0, 0.1) is 5.92 Å². The smallest absolute Gasteiger partial charge is 0.227 e. The summed E-state index contributed by atoms with van der Waals surface area (Å²) >= 11 is 0. The third kappa shape index (κ3) is 2.00. The van der Waals surface area contributed by atoms with Gasteiger partial charge in [0.15, 0.2) is 9.84 Å². The molecule has 3 rings (SSSR count). The molecular weight excluding hydrogens is 266 g/mol. The lowest BCUT2D eigenvalue weighted by atomic mass is 10.0. The highest BCUT2D eigenvalue weighted by atomic mass is 32.2. The van der Waals surface area contributed by atoms with Crippen molar-refractivity contribution in [3.05, 3.63) is 24.3 Å². The molecule has 2 fully saturated rings. The van der Waals surface area contributed by atoms with Gasteiger partial charge in [0.05, 0.1) is 30.3 Å². The number of sulfone groups is 1. The predicted octanol–water partition coefficient (Wildman–Crippen LogP) is 0.845. The van der Waals surface area contributed by atoms with E-state index in [4.69, 9.17) is 4.74 Å². The predicted molar refractivity (Wildman–Crippen MR) is 71.0 cm³/mol. The van der Waals surface area contributed by atoms with Gasteiger partial charge in [-0.2, -0.15) is 0 Å². The molecule has 2 atom stereocenters. The molecule has 2 saturated heterocycles. The molecule has 0 aliphatic carbocycles. The van der Waals surface area contributed by atoms with E-state index >= 15 is 0 Å². The third-order valence-corrected chi connectivity index (χ3v) is 5.60. The molecule has 19 heavy (non-hydrogen) atoms. The van der Waals surface area contributed by atoms with E-state index in [1.807, 2.05) is 12.1 Å². The van der Waals surface area contributed by atoms with Crippen molar-refractivity contribution in [1.82, 2.24) is 0 Å². The van der Waals surface area contributed by atoms with E-state index in [9.17, 15) is 13.2 Å². The summed E-state index contributed by atoms with van der Waals surface area (Å²) < 4.78 is 28.7. The van der Waals surface area contributed by atoms with Gasteiger partial charge in [-0.15, -0.1) is 0 Å². The summed E-state index contributed by atoms with van der Waals surface area (Å²) in [6.07, 6.45) is 0.307. The molecule has 0 saturated carbocycles. The van der Waals surface area contributed by atoms with Crippen LogP contribution >= 0.6 is 0 Å². The maximum Gasteiger partial charge on any atom is 0.227 e. The van der Waals surface area contributed by atoms with E-state index in [2.05, 4.69) is 0 Å². The second-order valence-corrected chi connectivity index (χ2v) is 7.20. The summed E-state index contributed by atoms with van der Waals surface area (Å²) in [4.78, 5) is 13.7. The molecule has 5 nitrogen and oxygen atoms in total. The van der Waals surface area contributed by atoms with Gasteiger partial charge in [0.25, 0.3) is 0 Å². The first-order chi connectivity index (χ1) is 9.02. The van der Waals surface area contributed by atoms with Gasteiger partial charge in [-0.05, 0) is 12.1 Å². The summed E-state index contributed by atoms with van der Waals surface area (Å²) in [5, 5.41) is 0. The van der Waals surface area contributed by atoms with Crippen LogP contribution in [0.3, 0.4) is 0 Å². The molecule has 0 aromatic heterocycles. The molecule has 0 spiro atoms. The fraction of sp³-hybridized carbons (Fsp3) is 0.462. The van der Waals surface area contributed by atoms with E-state index in [0.29, 0.717) is 17.9 Å². The first-order valence-electron chi connectivity index (χ1n) is 6.17. The van der Waals surface area contributed by atoms with Crippen molar-refractivity contribution in [1.29, 1.82) is 0 Å².